The van der Waals surface area contributed by atoms with Crippen LogP contribution < -0.4 is 5.32 Å². The van der Waals surface area contributed by atoms with Crippen molar-refractivity contribution in [3.8, 4) is 0 Å². The Morgan fingerprint density at radius 3 is 2.73 bits per heavy atom. The van der Waals surface area contributed by atoms with Crippen LogP contribution in [0.15, 0.2) is 24.3 Å². The van der Waals surface area contributed by atoms with Crippen LogP contribution in [-0.2, 0) is 0 Å². The van der Waals surface area contributed by atoms with Gasteiger partial charge in [0.25, 0.3) is 11.8 Å². The molecule has 1 saturated carbocycles. The predicted octanol–water partition coefficient (Wildman–Crippen LogP) is 2.01. The van der Waals surface area contributed by atoms with E-state index in [4.69, 9.17) is 0 Å². The summed E-state index contributed by atoms with van der Waals surface area (Å²) in [6.45, 7) is 0. The highest BCUT2D eigenvalue weighted by atomic mass is 19.3. The lowest BCUT2D eigenvalue weighted by Gasteiger charge is -2.35. The number of hydrogen-bond acceptors (Lipinski definition) is 1. The maximum Gasteiger partial charge on any atom is 0.252 e. The quantitative estimate of drug-likeness (QED) is 0.794. The van der Waals surface area contributed by atoms with Gasteiger partial charge in [-0.3, -0.25) is 4.79 Å². The maximum atomic E-state index is 12.5. The minimum atomic E-state index is -2.60. The van der Waals surface area contributed by atoms with Crippen LogP contribution in [-0.4, -0.2) is 17.9 Å². The van der Waals surface area contributed by atoms with Crippen LogP contribution >= 0.6 is 0 Å². The molecule has 1 aliphatic rings. The second kappa shape index (κ2) is 3.61. The van der Waals surface area contributed by atoms with Crippen molar-refractivity contribution in [3.63, 3.8) is 0 Å². The minimum Gasteiger partial charge on any atom is -0.349 e. The second-order valence-electron chi connectivity index (χ2n) is 3.71. The molecule has 1 aliphatic carbocycles. The first-order valence-electron chi connectivity index (χ1n) is 4.72. The number of rotatable bonds is 2. The van der Waals surface area contributed by atoms with Gasteiger partial charge in [0.1, 0.15) is 0 Å². The van der Waals surface area contributed by atoms with Crippen LogP contribution in [0.4, 0.5) is 8.78 Å². The van der Waals surface area contributed by atoms with Crippen LogP contribution in [0.5, 0.6) is 0 Å². The van der Waals surface area contributed by atoms with Crippen LogP contribution in [0.1, 0.15) is 23.2 Å². The molecule has 15 heavy (non-hydrogen) atoms. The molecule has 0 saturated heterocycles. The highest BCUT2D eigenvalue weighted by molar-refractivity contribution is 5.94. The summed E-state index contributed by atoms with van der Waals surface area (Å²) in [7, 11) is 0. The van der Waals surface area contributed by atoms with Gasteiger partial charge in [-0.15, -0.1) is 0 Å². The summed E-state index contributed by atoms with van der Waals surface area (Å²) >= 11 is 0. The van der Waals surface area contributed by atoms with E-state index in [2.05, 4.69) is 11.4 Å². The SMILES string of the molecule is O=C(NC1CC(F)(F)C1)c1[c]cccc1. The summed E-state index contributed by atoms with van der Waals surface area (Å²) in [5, 5.41) is 2.54. The molecular weight excluding hydrogens is 200 g/mol. The van der Waals surface area contributed by atoms with Crippen molar-refractivity contribution in [2.24, 2.45) is 0 Å². The number of benzene rings is 1. The van der Waals surface area contributed by atoms with Gasteiger partial charge in [0.15, 0.2) is 0 Å². The molecule has 0 heterocycles. The van der Waals surface area contributed by atoms with Crippen molar-refractivity contribution in [1.82, 2.24) is 5.32 Å². The molecule has 0 spiro atoms. The largest absolute Gasteiger partial charge is 0.349 e. The fourth-order valence-electron chi connectivity index (χ4n) is 1.56. The number of halogens is 2. The van der Waals surface area contributed by atoms with Gasteiger partial charge in [-0.25, -0.2) is 8.78 Å². The third-order valence-electron chi connectivity index (χ3n) is 2.38. The van der Waals surface area contributed by atoms with Gasteiger partial charge in [0.2, 0.25) is 0 Å². The summed E-state index contributed by atoms with van der Waals surface area (Å²) in [5.41, 5.74) is 0.382. The third-order valence-corrected chi connectivity index (χ3v) is 2.38. The van der Waals surface area contributed by atoms with Crippen molar-refractivity contribution in [2.75, 3.05) is 0 Å². The van der Waals surface area contributed by atoms with Crippen molar-refractivity contribution >= 4 is 5.91 Å². The number of amides is 1. The molecular formula is C11H10F2NO. The maximum absolute atomic E-state index is 12.5. The molecule has 1 fully saturated rings. The molecule has 1 radical (unpaired) electrons. The van der Waals surface area contributed by atoms with Gasteiger partial charge >= 0.3 is 0 Å². The molecule has 1 aromatic rings. The Kier molecular flexibility index (Phi) is 2.42. The zero-order valence-electron chi connectivity index (χ0n) is 7.97. The van der Waals surface area contributed by atoms with E-state index in [0.717, 1.165) is 0 Å². The Bertz CT molecular complexity index is 356. The van der Waals surface area contributed by atoms with Crippen LogP contribution in [0, 0.1) is 6.07 Å². The average molecular weight is 210 g/mol. The zero-order valence-corrected chi connectivity index (χ0v) is 7.97. The smallest absolute Gasteiger partial charge is 0.252 e. The normalized spacial score (nSPS) is 19.3. The molecule has 1 aromatic carbocycles. The van der Waals surface area contributed by atoms with E-state index in [1.807, 2.05) is 0 Å². The first kappa shape index (κ1) is 10.1. The number of carbonyl (C=O) groups is 1. The van der Waals surface area contributed by atoms with Crippen LogP contribution in [0.25, 0.3) is 0 Å². The summed E-state index contributed by atoms with van der Waals surface area (Å²) in [6.07, 6.45) is -0.517. The van der Waals surface area contributed by atoms with Crippen molar-refractivity contribution in [3.05, 3.63) is 35.9 Å². The lowest BCUT2D eigenvalue weighted by atomic mass is 9.88. The third kappa shape index (κ3) is 2.32. The Hall–Kier alpha value is -1.45. The lowest BCUT2D eigenvalue weighted by Crippen LogP contribution is -2.50. The zero-order chi connectivity index (χ0) is 10.9. The first-order chi connectivity index (χ1) is 7.07. The van der Waals surface area contributed by atoms with E-state index in [-0.39, 0.29) is 18.7 Å². The van der Waals surface area contributed by atoms with Gasteiger partial charge in [-0.1, -0.05) is 18.2 Å². The van der Waals surface area contributed by atoms with Crippen LogP contribution in [0.2, 0.25) is 0 Å². The molecule has 0 bridgehead atoms. The lowest BCUT2D eigenvalue weighted by molar-refractivity contribution is -0.0901. The molecule has 0 aliphatic heterocycles. The molecule has 2 nitrogen and oxygen atoms in total. The number of alkyl halides is 2. The van der Waals surface area contributed by atoms with E-state index in [1.165, 1.54) is 0 Å². The Morgan fingerprint density at radius 2 is 2.20 bits per heavy atom. The second-order valence-corrected chi connectivity index (χ2v) is 3.71. The Balaban J connectivity index is 1.89. The van der Waals surface area contributed by atoms with E-state index < -0.39 is 12.0 Å². The molecule has 0 aromatic heterocycles. The van der Waals surface area contributed by atoms with Gasteiger partial charge in [0.05, 0.1) is 0 Å². The highest BCUT2D eigenvalue weighted by Crippen LogP contribution is 2.37. The number of hydrogen-bond donors (Lipinski definition) is 1. The van der Waals surface area contributed by atoms with E-state index in [1.54, 1.807) is 24.3 Å². The number of carbonyl (C=O) groups excluding carboxylic acids is 1. The van der Waals surface area contributed by atoms with Crippen molar-refractivity contribution in [2.45, 2.75) is 24.8 Å². The van der Waals surface area contributed by atoms with E-state index in [9.17, 15) is 13.6 Å². The summed E-state index contributed by atoms with van der Waals surface area (Å²) in [4.78, 5) is 11.5. The van der Waals surface area contributed by atoms with Gasteiger partial charge in [-0.05, 0) is 12.1 Å². The average Bonchev–Trinajstić information content (AvgIpc) is 2.16. The molecule has 2 rings (SSSR count). The highest BCUT2D eigenvalue weighted by Gasteiger charge is 2.45. The molecule has 0 unspecified atom stereocenters. The monoisotopic (exact) mass is 210 g/mol. The summed E-state index contributed by atoms with van der Waals surface area (Å²) < 4.78 is 25.0. The fraction of sp³-hybridized carbons (Fsp3) is 0.364. The number of nitrogens with one attached hydrogen (secondary N) is 1. The van der Waals surface area contributed by atoms with E-state index >= 15 is 0 Å². The molecule has 1 amide bonds. The molecule has 79 valence electrons. The van der Waals surface area contributed by atoms with Gasteiger partial charge < -0.3 is 5.32 Å². The molecule has 4 heteroatoms. The van der Waals surface area contributed by atoms with Crippen LogP contribution in [0.3, 0.4) is 0 Å². The van der Waals surface area contributed by atoms with Gasteiger partial charge in [-0.2, -0.15) is 0 Å². The van der Waals surface area contributed by atoms with Gasteiger partial charge in [0, 0.05) is 24.4 Å². The summed E-state index contributed by atoms with van der Waals surface area (Å²) in [6, 6.07) is 9.01. The van der Waals surface area contributed by atoms with Crippen molar-refractivity contribution < 1.29 is 13.6 Å². The summed E-state index contributed by atoms with van der Waals surface area (Å²) in [5.74, 6) is -2.94. The molecule has 0 atom stereocenters. The van der Waals surface area contributed by atoms with Crippen molar-refractivity contribution in [1.29, 1.82) is 0 Å². The Labute approximate surface area is 86.3 Å². The topological polar surface area (TPSA) is 29.1 Å². The fourth-order valence-corrected chi connectivity index (χ4v) is 1.56. The predicted molar refractivity (Wildman–Crippen MR) is 50.7 cm³/mol. The standard InChI is InChI=1S/C11H10F2NO/c12-11(13)6-9(7-11)14-10(15)8-4-2-1-3-5-8/h1-4,9H,6-7H2,(H,14,15). The molecule has 1 N–H and O–H groups in total. The first-order valence-corrected chi connectivity index (χ1v) is 4.72. The Morgan fingerprint density at radius 1 is 1.47 bits per heavy atom. The minimum absolute atomic E-state index is 0.258. The van der Waals surface area contributed by atoms with E-state index in [0.29, 0.717) is 5.56 Å².